The Bertz CT molecular complexity index is 1230. The Hall–Kier alpha value is -2.71. The van der Waals surface area contributed by atoms with Crippen LogP contribution in [0.1, 0.15) is 16.7 Å². The predicted octanol–water partition coefficient (Wildman–Crippen LogP) is 4.64. The third-order valence-electron chi connectivity index (χ3n) is 4.46. The first kappa shape index (κ1) is 23.9. The van der Waals surface area contributed by atoms with Crippen molar-refractivity contribution < 1.29 is 13.2 Å². The largest absolute Gasteiger partial charge is 0.272 e. The molecule has 0 unspecified atom stereocenters. The molecular formula is C23H21Cl2N3O3S. The molecule has 3 rings (SSSR count). The van der Waals surface area contributed by atoms with E-state index < -0.39 is 22.5 Å². The Balaban J connectivity index is 1.80. The number of rotatable bonds is 8. The van der Waals surface area contributed by atoms with Gasteiger partial charge in [-0.05, 0) is 54.4 Å². The summed E-state index contributed by atoms with van der Waals surface area (Å²) in [5.41, 5.74) is 4.90. The topological polar surface area (TPSA) is 78.8 Å². The summed E-state index contributed by atoms with van der Waals surface area (Å²) in [4.78, 5) is 12.5. The number of nitrogens with zero attached hydrogens (tertiary/aromatic N) is 2. The number of nitrogens with one attached hydrogen (secondary N) is 1. The molecule has 0 aliphatic rings. The molecule has 0 bridgehead atoms. The van der Waals surface area contributed by atoms with Gasteiger partial charge in [-0.25, -0.2) is 13.8 Å². The van der Waals surface area contributed by atoms with Crippen LogP contribution in [0.15, 0.2) is 82.8 Å². The van der Waals surface area contributed by atoms with Crippen molar-refractivity contribution in [3.05, 3.63) is 99.5 Å². The van der Waals surface area contributed by atoms with Crippen molar-refractivity contribution in [2.24, 2.45) is 5.10 Å². The number of carbonyl (C=O) groups is 1. The van der Waals surface area contributed by atoms with Gasteiger partial charge >= 0.3 is 0 Å². The molecule has 0 heterocycles. The molecule has 0 spiro atoms. The van der Waals surface area contributed by atoms with Crippen molar-refractivity contribution in [3.8, 4) is 0 Å². The fourth-order valence-corrected chi connectivity index (χ4v) is 4.67. The number of benzene rings is 3. The van der Waals surface area contributed by atoms with Crippen molar-refractivity contribution in [2.75, 3.05) is 6.54 Å². The molecule has 0 aliphatic heterocycles. The van der Waals surface area contributed by atoms with Crippen LogP contribution in [0.5, 0.6) is 0 Å². The van der Waals surface area contributed by atoms with Gasteiger partial charge < -0.3 is 0 Å². The van der Waals surface area contributed by atoms with Gasteiger partial charge in [0.25, 0.3) is 5.91 Å². The van der Waals surface area contributed by atoms with Gasteiger partial charge in [0, 0.05) is 16.6 Å². The summed E-state index contributed by atoms with van der Waals surface area (Å²) < 4.78 is 27.5. The minimum Gasteiger partial charge on any atom is -0.272 e. The van der Waals surface area contributed by atoms with E-state index in [2.05, 4.69) is 10.5 Å². The second kappa shape index (κ2) is 10.7. The van der Waals surface area contributed by atoms with Crippen LogP contribution in [-0.4, -0.2) is 31.4 Å². The number of halogens is 2. The van der Waals surface area contributed by atoms with E-state index in [9.17, 15) is 13.2 Å². The quantitative estimate of drug-likeness (QED) is 0.369. The number of hydrazone groups is 1. The Morgan fingerprint density at radius 3 is 2.41 bits per heavy atom. The lowest BCUT2D eigenvalue weighted by atomic mass is 10.2. The van der Waals surface area contributed by atoms with Gasteiger partial charge in [0.1, 0.15) is 0 Å². The van der Waals surface area contributed by atoms with Gasteiger partial charge in [0.05, 0.1) is 17.7 Å². The fraction of sp³-hybridized carbons (Fsp3) is 0.130. The first-order valence-corrected chi connectivity index (χ1v) is 11.8. The van der Waals surface area contributed by atoms with Crippen molar-refractivity contribution in [2.45, 2.75) is 18.4 Å². The second-order valence-corrected chi connectivity index (χ2v) is 9.88. The summed E-state index contributed by atoms with van der Waals surface area (Å²) in [6, 6.07) is 20.2. The molecule has 0 saturated heterocycles. The standard InChI is InChI=1S/C23H21Cl2N3O3S/c1-17-4-2-5-18(12-17)14-26-27-23(29)16-28(15-19-6-3-7-21(25)13-19)32(30,31)22-10-8-20(24)9-11-22/h2-14H,15-16H2,1H3,(H,27,29). The van der Waals surface area contributed by atoms with Crippen LogP contribution in [0.3, 0.4) is 0 Å². The average Bonchev–Trinajstić information content (AvgIpc) is 2.74. The number of sulfonamides is 1. The summed E-state index contributed by atoms with van der Waals surface area (Å²) in [5, 5.41) is 4.82. The number of aryl methyl sites for hydroxylation is 1. The van der Waals surface area contributed by atoms with Gasteiger partial charge in [-0.1, -0.05) is 65.2 Å². The van der Waals surface area contributed by atoms with Crippen molar-refractivity contribution in [3.63, 3.8) is 0 Å². The van der Waals surface area contributed by atoms with E-state index >= 15 is 0 Å². The molecule has 3 aromatic carbocycles. The molecule has 9 heteroatoms. The van der Waals surface area contributed by atoms with E-state index in [4.69, 9.17) is 23.2 Å². The summed E-state index contributed by atoms with van der Waals surface area (Å²) in [7, 11) is -3.99. The van der Waals surface area contributed by atoms with Gasteiger partial charge in [-0.3, -0.25) is 4.79 Å². The van der Waals surface area contributed by atoms with E-state index in [-0.39, 0.29) is 11.4 Å². The molecule has 6 nitrogen and oxygen atoms in total. The monoisotopic (exact) mass is 489 g/mol. The zero-order chi connectivity index (χ0) is 23.1. The maximum absolute atomic E-state index is 13.2. The first-order valence-electron chi connectivity index (χ1n) is 9.63. The van der Waals surface area contributed by atoms with E-state index in [1.165, 1.54) is 30.5 Å². The number of carbonyl (C=O) groups excluding carboxylic acids is 1. The zero-order valence-electron chi connectivity index (χ0n) is 17.2. The third-order valence-corrected chi connectivity index (χ3v) is 6.76. The van der Waals surface area contributed by atoms with Crippen LogP contribution in [0, 0.1) is 6.92 Å². The SMILES string of the molecule is Cc1cccc(C=NNC(=O)CN(Cc2cccc(Cl)c2)S(=O)(=O)c2ccc(Cl)cc2)c1. The van der Waals surface area contributed by atoms with E-state index in [1.807, 2.05) is 31.2 Å². The number of hydrogen-bond acceptors (Lipinski definition) is 4. The molecular weight excluding hydrogens is 469 g/mol. The van der Waals surface area contributed by atoms with E-state index in [0.717, 1.165) is 15.4 Å². The fourth-order valence-electron chi connectivity index (χ4n) is 2.95. The Labute approximate surface area is 197 Å². The molecule has 1 N–H and O–H groups in total. The van der Waals surface area contributed by atoms with Crippen LogP contribution in [0.25, 0.3) is 0 Å². The smallest absolute Gasteiger partial charge is 0.255 e. The van der Waals surface area contributed by atoms with E-state index in [1.54, 1.807) is 24.3 Å². The van der Waals surface area contributed by atoms with Gasteiger partial charge in [0.2, 0.25) is 10.0 Å². The Kier molecular flexibility index (Phi) is 8.04. The lowest BCUT2D eigenvalue weighted by molar-refractivity contribution is -0.121. The maximum atomic E-state index is 13.2. The minimum absolute atomic E-state index is 0.0278. The minimum atomic E-state index is -3.99. The highest BCUT2D eigenvalue weighted by atomic mass is 35.5. The molecule has 0 radical (unpaired) electrons. The number of hydrogen-bond donors (Lipinski definition) is 1. The molecule has 166 valence electrons. The Morgan fingerprint density at radius 1 is 1.00 bits per heavy atom. The summed E-state index contributed by atoms with van der Waals surface area (Å²) in [6.07, 6.45) is 1.50. The van der Waals surface area contributed by atoms with Crippen LogP contribution >= 0.6 is 23.2 Å². The molecule has 32 heavy (non-hydrogen) atoms. The predicted molar refractivity (Wildman–Crippen MR) is 127 cm³/mol. The van der Waals surface area contributed by atoms with Gasteiger partial charge in [-0.2, -0.15) is 9.41 Å². The molecule has 0 aliphatic carbocycles. The second-order valence-electron chi connectivity index (χ2n) is 7.06. The zero-order valence-corrected chi connectivity index (χ0v) is 19.5. The van der Waals surface area contributed by atoms with E-state index in [0.29, 0.717) is 15.6 Å². The normalized spacial score (nSPS) is 11.8. The lowest BCUT2D eigenvalue weighted by Gasteiger charge is -2.21. The highest BCUT2D eigenvalue weighted by molar-refractivity contribution is 7.89. The highest BCUT2D eigenvalue weighted by Crippen LogP contribution is 2.21. The first-order chi connectivity index (χ1) is 15.2. The molecule has 0 fully saturated rings. The Morgan fingerprint density at radius 2 is 1.72 bits per heavy atom. The van der Waals surface area contributed by atoms with Crippen LogP contribution in [0.4, 0.5) is 0 Å². The third kappa shape index (κ3) is 6.64. The summed E-state index contributed by atoms with van der Waals surface area (Å²) in [5.74, 6) is -0.575. The molecule has 3 aromatic rings. The van der Waals surface area contributed by atoms with Crippen LogP contribution in [0.2, 0.25) is 10.0 Å². The molecule has 0 saturated carbocycles. The van der Waals surface area contributed by atoms with Crippen LogP contribution in [-0.2, 0) is 21.4 Å². The van der Waals surface area contributed by atoms with Gasteiger partial charge in [-0.15, -0.1) is 0 Å². The molecule has 0 atom stereocenters. The average molecular weight is 490 g/mol. The van der Waals surface area contributed by atoms with Crippen molar-refractivity contribution >= 4 is 45.3 Å². The summed E-state index contributed by atoms with van der Waals surface area (Å²) in [6.45, 7) is 1.48. The lowest BCUT2D eigenvalue weighted by Crippen LogP contribution is -2.39. The van der Waals surface area contributed by atoms with Crippen LogP contribution < -0.4 is 5.43 Å². The summed E-state index contributed by atoms with van der Waals surface area (Å²) >= 11 is 11.9. The molecule has 1 amide bonds. The maximum Gasteiger partial charge on any atom is 0.255 e. The number of amides is 1. The highest BCUT2D eigenvalue weighted by Gasteiger charge is 2.27. The van der Waals surface area contributed by atoms with Gasteiger partial charge in [0.15, 0.2) is 0 Å². The molecule has 0 aromatic heterocycles. The van der Waals surface area contributed by atoms with Crippen molar-refractivity contribution in [1.29, 1.82) is 0 Å². The van der Waals surface area contributed by atoms with Crippen molar-refractivity contribution in [1.82, 2.24) is 9.73 Å².